The van der Waals surface area contributed by atoms with Crippen LogP contribution in [-0.2, 0) is 16.0 Å². The minimum absolute atomic E-state index is 0.0505. The molecule has 0 saturated heterocycles. The van der Waals surface area contributed by atoms with Gasteiger partial charge in [0.15, 0.2) is 9.84 Å². The summed E-state index contributed by atoms with van der Waals surface area (Å²) in [6, 6.07) is 18.1. The van der Waals surface area contributed by atoms with Crippen molar-refractivity contribution in [1.82, 2.24) is 4.98 Å². The lowest BCUT2D eigenvalue weighted by atomic mass is 9.95. The number of halogens is 3. The van der Waals surface area contributed by atoms with E-state index in [1.807, 2.05) is 6.07 Å². The molecule has 0 radical (unpaired) electrons. The number of hydrogen-bond donors (Lipinski definition) is 1. The van der Waals surface area contributed by atoms with Crippen molar-refractivity contribution in [2.24, 2.45) is 0 Å². The topological polar surface area (TPSA) is 82.8 Å². The lowest BCUT2D eigenvalue weighted by molar-refractivity contribution is -0.137. The summed E-state index contributed by atoms with van der Waals surface area (Å²) >= 11 is 0. The van der Waals surface area contributed by atoms with Crippen LogP contribution in [0.25, 0.3) is 11.1 Å². The molecule has 0 unspecified atom stereocenters. The van der Waals surface area contributed by atoms with Gasteiger partial charge in [0, 0.05) is 12.2 Å². The van der Waals surface area contributed by atoms with Crippen LogP contribution in [-0.4, -0.2) is 24.7 Å². The summed E-state index contributed by atoms with van der Waals surface area (Å²) < 4.78 is 64.3. The smallest absolute Gasteiger partial charge is 0.367 e. The van der Waals surface area contributed by atoms with Crippen molar-refractivity contribution in [3.05, 3.63) is 78.0 Å². The molecular weight excluding hydrogens is 463 g/mol. The monoisotopic (exact) mass is 485 g/mol. The number of nitrogens with one attached hydrogen (secondary N) is 1. The van der Waals surface area contributed by atoms with Crippen LogP contribution >= 0.6 is 0 Å². The largest absolute Gasteiger partial charge is 0.417 e. The van der Waals surface area contributed by atoms with E-state index in [4.69, 9.17) is 5.26 Å². The van der Waals surface area contributed by atoms with E-state index in [0.29, 0.717) is 37.1 Å². The van der Waals surface area contributed by atoms with Crippen LogP contribution in [0.1, 0.15) is 36.8 Å². The van der Waals surface area contributed by atoms with Gasteiger partial charge in [-0.15, -0.1) is 0 Å². The number of benzene rings is 2. The second kappa shape index (κ2) is 9.47. The molecule has 1 N–H and O–H groups in total. The van der Waals surface area contributed by atoms with Gasteiger partial charge in [0.1, 0.15) is 5.82 Å². The number of nitrogens with zero attached hydrogens (tertiary/aromatic N) is 2. The summed E-state index contributed by atoms with van der Waals surface area (Å²) in [5, 5.41) is 11.7. The van der Waals surface area contributed by atoms with Gasteiger partial charge in [-0.1, -0.05) is 24.3 Å². The molecule has 5 nitrogen and oxygen atoms in total. The van der Waals surface area contributed by atoms with Crippen LogP contribution < -0.4 is 5.32 Å². The molecule has 0 bridgehead atoms. The number of rotatable bonds is 5. The minimum atomic E-state index is -4.43. The van der Waals surface area contributed by atoms with E-state index in [1.54, 1.807) is 42.5 Å². The molecule has 9 heteroatoms. The fourth-order valence-corrected chi connectivity index (χ4v) is 5.96. The van der Waals surface area contributed by atoms with Crippen LogP contribution in [0.15, 0.2) is 71.8 Å². The Morgan fingerprint density at radius 2 is 1.65 bits per heavy atom. The van der Waals surface area contributed by atoms with E-state index in [2.05, 4.69) is 16.4 Å². The number of hydrogen-bond acceptors (Lipinski definition) is 5. The van der Waals surface area contributed by atoms with Crippen LogP contribution in [0, 0.1) is 11.3 Å². The molecule has 1 aliphatic carbocycles. The summed E-state index contributed by atoms with van der Waals surface area (Å²) in [4.78, 5) is 4.09. The Kier molecular flexibility index (Phi) is 6.62. The quantitative estimate of drug-likeness (QED) is 0.491. The predicted octanol–water partition coefficient (Wildman–Crippen LogP) is 5.84. The lowest BCUT2D eigenvalue weighted by Gasteiger charge is -2.29. The van der Waals surface area contributed by atoms with Crippen molar-refractivity contribution >= 4 is 15.7 Å². The first-order chi connectivity index (χ1) is 16.2. The molecule has 176 valence electrons. The molecule has 1 aliphatic rings. The highest BCUT2D eigenvalue weighted by atomic mass is 32.2. The summed E-state index contributed by atoms with van der Waals surface area (Å²) in [5.74, 6) is 0.343. The van der Waals surface area contributed by atoms with E-state index in [9.17, 15) is 21.6 Å². The summed E-state index contributed by atoms with van der Waals surface area (Å²) in [5.41, 5.74) is 1.39. The van der Waals surface area contributed by atoms with Gasteiger partial charge in [-0.3, -0.25) is 0 Å². The maximum atomic E-state index is 13.1. The third-order valence-corrected chi connectivity index (χ3v) is 8.34. The molecular formula is C25H22F3N3O2S. The molecule has 1 fully saturated rings. The molecule has 0 spiro atoms. The molecule has 34 heavy (non-hydrogen) atoms. The molecule has 0 amide bonds. The first kappa shape index (κ1) is 23.8. The number of aromatic nitrogens is 1. The van der Waals surface area contributed by atoms with Crippen molar-refractivity contribution in [2.45, 2.75) is 48.0 Å². The number of alkyl halides is 3. The Morgan fingerprint density at radius 3 is 2.24 bits per heavy atom. The second-order valence-corrected chi connectivity index (χ2v) is 10.5. The number of sulfone groups is 1. The molecule has 1 heterocycles. The zero-order valence-corrected chi connectivity index (χ0v) is 18.9. The van der Waals surface area contributed by atoms with E-state index in [1.165, 1.54) is 6.07 Å². The molecule has 0 aliphatic heterocycles. The van der Waals surface area contributed by atoms with E-state index >= 15 is 0 Å². The molecule has 1 saturated carbocycles. The van der Waals surface area contributed by atoms with Gasteiger partial charge in [0.05, 0.1) is 27.3 Å². The molecule has 2 aromatic carbocycles. The van der Waals surface area contributed by atoms with Crippen LogP contribution in [0.4, 0.5) is 19.0 Å². The predicted molar refractivity (Wildman–Crippen MR) is 123 cm³/mol. The third-order valence-electron chi connectivity index (χ3n) is 6.06. The van der Waals surface area contributed by atoms with E-state index < -0.39 is 26.8 Å². The van der Waals surface area contributed by atoms with Gasteiger partial charge in [-0.25, -0.2) is 13.4 Å². The fourth-order valence-electron chi connectivity index (χ4n) is 4.17. The standard InChI is InChI=1S/C25H22F3N3O2S/c26-25(27,28)20-6-13-24(30-16-20)31-21-7-11-23(12-8-21)34(32,33)22-9-4-18(5-10-22)19-3-1-2-17(14-19)15-29/h1-6,9-10,13-14,16,21,23H,7-8,11-12H2,(H,30,31). The van der Waals surface area contributed by atoms with Crippen molar-refractivity contribution in [1.29, 1.82) is 5.26 Å². The highest BCUT2D eigenvalue weighted by molar-refractivity contribution is 7.92. The Hall–Kier alpha value is -3.38. The Balaban J connectivity index is 1.38. The molecule has 1 aromatic heterocycles. The van der Waals surface area contributed by atoms with Gasteiger partial charge in [-0.05, 0) is 73.2 Å². The molecule has 3 aromatic rings. The lowest BCUT2D eigenvalue weighted by Crippen LogP contribution is -2.33. The average molecular weight is 486 g/mol. The van der Waals surface area contributed by atoms with Gasteiger partial charge < -0.3 is 5.32 Å². The zero-order valence-electron chi connectivity index (χ0n) is 18.1. The van der Waals surface area contributed by atoms with Gasteiger partial charge in [-0.2, -0.15) is 18.4 Å². The van der Waals surface area contributed by atoms with Crippen molar-refractivity contribution < 1.29 is 21.6 Å². The Morgan fingerprint density at radius 1 is 0.941 bits per heavy atom. The highest BCUT2D eigenvalue weighted by Gasteiger charge is 2.33. The van der Waals surface area contributed by atoms with Crippen LogP contribution in [0.5, 0.6) is 0 Å². The number of nitriles is 1. The summed E-state index contributed by atoms with van der Waals surface area (Å²) in [7, 11) is -3.51. The SMILES string of the molecule is N#Cc1cccc(-c2ccc(S(=O)(=O)C3CCC(Nc4ccc(C(F)(F)F)cn4)CC3)cc2)c1. The Labute approximate surface area is 196 Å². The van der Waals surface area contributed by atoms with Crippen molar-refractivity contribution in [3.63, 3.8) is 0 Å². The number of pyridine rings is 1. The van der Waals surface area contributed by atoms with E-state index in [0.717, 1.165) is 23.4 Å². The maximum Gasteiger partial charge on any atom is 0.417 e. The normalized spacial score (nSPS) is 18.8. The number of anilines is 1. The van der Waals surface area contributed by atoms with Crippen molar-refractivity contribution in [3.8, 4) is 17.2 Å². The first-order valence-electron chi connectivity index (χ1n) is 10.8. The highest BCUT2D eigenvalue weighted by Crippen LogP contribution is 2.32. The van der Waals surface area contributed by atoms with Crippen LogP contribution in [0.2, 0.25) is 0 Å². The zero-order chi connectivity index (χ0) is 24.3. The fraction of sp³-hybridized carbons (Fsp3) is 0.280. The summed E-state index contributed by atoms with van der Waals surface area (Å²) in [6.45, 7) is 0. The first-order valence-corrected chi connectivity index (χ1v) is 12.4. The van der Waals surface area contributed by atoms with E-state index in [-0.39, 0.29) is 10.9 Å². The molecule has 0 atom stereocenters. The van der Waals surface area contributed by atoms with Gasteiger partial charge in [0.25, 0.3) is 0 Å². The van der Waals surface area contributed by atoms with Crippen LogP contribution in [0.3, 0.4) is 0 Å². The second-order valence-electron chi connectivity index (χ2n) is 8.31. The summed E-state index contributed by atoms with van der Waals surface area (Å²) in [6.07, 6.45) is -1.59. The molecule has 4 rings (SSSR count). The van der Waals surface area contributed by atoms with Gasteiger partial charge >= 0.3 is 6.18 Å². The Bertz CT molecular complexity index is 1290. The minimum Gasteiger partial charge on any atom is -0.367 e. The average Bonchev–Trinajstić information content (AvgIpc) is 2.84. The van der Waals surface area contributed by atoms with Crippen molar-refractivity contribution in [2.75, 3.05) is 5.32 Å². The van der Waals surface area contributed by atoms with Gasteiger partial charge in [0.2, 0.25) is 0 Å². The third kappa shape index (κ3) is 5.23. The maximum absolute atomic E-state index is 13.1.